The van der Waals surface area contributed by atoms with Crippen LogP contribution in [0.5, 0.6) is 0 Å². The number of halogens is 3. The van der Waals surface area contributed by atoms with E-state index in [0.29, 0.717) is 51.6 Å². The third kappa shape index (κ3) is 12.5. The largest absolute Gasteiger partial charge is 0.462 e. The van der Waals surface area contributed by atoms with Crippen LogP contribution in [0.4, 0.5) is 13.2 Å². The molecule has 3 aliphatic heterocycles. The van der Waals surface area contributed by atoms with E-state index in [2.05, 4.69) is 34.2 Å². The van der Waals surface area contributed by atoms with Crippen LogP contribution in [0.15, 0.2) is 46.9 Å². The first-order chi connectivity index (χ1) is 32.4. The van der Waals surface area contributed by atoms with E-state index in [9.17, 15) is 37.5 Å². The molecule has 69 heavy (non-hydrogen) atoms. The number of fused-ring (bicyclic) bond motifs is 6. The Morgan fingerprint density at radius 3 is 2.61 bits per heavy atom. The van der Waals surface area contributed by atoms with Crippen molar-refractivity contribution in [2.75, 3.05) is 54.1 Å². The second-order valence-electron chi connectivity index (χ2n) is 19.1. The molecule has 2 aromatic heterocycles. The zero-order chi connectivity index (χ0) is 50.6. The number of hydrogen-bond donors (Lipinski definition) is 3. The van der Waals surface area contributed by atoms with Crippen LogP contribution in [0, 0.1) is 17.3 Å². The molecule has 0 radical (unpaired) electrons. The number of aliphatic imine (C=N–C) groups is 1. The van der Waals surface area contributed by atoms with Gasteiger partial charge >= 0.3 is 12.1 Å². The Bertz CT molecular complexity index is 2570. The van der Waals surface area contributed by atoms with Gasteiger partial charge in [-0.3, -0.25) is 29.3 Å². The molecule has 1 aromatic carbocycles. The van der Waals surface area contributed by atoms with Gasteiger partial charge in [-0.2, -0.15) is 18.6 Å². The molecule has 3 amide bonds. The number of allylic oxidation sites excluding steroid dienone is 2. The fraction of sp³-hybridized carbons (Fsp3) is 0.551. The van der Waals surface area contributed by atoms with Crippen molar-refractivity contribution in [3.05, 3.63) is 58.2 Å². The van der Waals surface area contributed by atoms with Gasteiger partial charge < -0.3 is 34.1 Å². The lowest BCUT2D eigenvalue weighted by molar-refractivity contribution is -0.189. The van der Waals surface area contributed by atoms with Crippen molar-refractivity contribution in [3.8, 4) is 23.1 Å². The highest BCUT2D eigenvalue weighted by Crippen LogP contribution is 2.41. The fourth-order valence-corrected chi connectivity index (χ4v) is 9.07. The van der Waals surface area contributed by atoms with Crippen molar-refractivity contribution < 1.29 is 51.7 Å². The number of amides is 3. The van der Waals surface area contributed by atoms with Crippen LogP contribution in [0.2, 0.25) is 0 Å². The average molecular weight is 981 g/mol. The second-order valence-corrected chi connectivity index (χ2v) is 20.1. The van der Waals surface area contributed by atoms with Gasteiger partial charge in [0.25, 0.3) is 11.8 Å². The molecule has 0 saturated carbocycles. The number of hydrazine groups is 1. The Morgan fingerprint density at radius 2 is 1.96 bits per heavy atom. The van der Waals surface area contributed by atoms with Gasteiger partial charge in [0, 0.05) is 85.1 Å². The van der Waals surface area contributed by atoms with Crippen LogP contribution in [-0.2, 0) is 52.8 Å². The van der Waals surface area contributed by atoms with E-state index in [0.717, 1.165) is 5.01 Å². The van der Waals surface area contributed by atoms with Gasteiger partial charge in [-0.25, -0.2) is 9.78 Å². The predicted molar refractivity (Wildman–Crippen MR) is 256 cm³/mol. The summed E-state index contributed by atoms with van der Waals surface area (Å²) in [4.78, 5) is 67.2. The topological polar surface area (TPSA) is 180 Å². The summed E-state index contributed by atoms with van der Waals surface area (Å²) in [5.41, 5.74) is 1.65. The molecule has 0 aliphatic carbocycles. The number of nitrogens with zero attached hydrogens (tertiary/aromatic N) is 6. The lowest BCUT2D eigenvalue weighted by Crippen LogP contribution is -2.67. The number of alkyl halides is 3. The quantitative estimate of drug-likeness (QED) is 0.0931. The first kappa shape index (κ1) is 52.9. The van der Waals surface area contributed by atoms with Crippen LogP contribution in [0.3, 0.4) is 0 Å². The van der Waals surface area contributed by atoms with Crippen LogP contribution in [0.1, 0.15) is 77.1 Å². The Labute approximate surface area is 404 Å². The number of carbonyl (C=O) groups is 4. The lowest BCUT2D eigenvalue weighted by atomic mass is 9.84. The molecular formula is C49H63F3N8O8S. The monoisotopic (exact) mass is 980 g/mol. The summed E-state index contributed by atoms with van der Waals surface area (Å²) in [5, 5.41) is 18.3. The molecule has 3 aliphatic rings. The van der Waals surface area contributed by atoms with Crippen molar-refractivity contribution in [1.29, 1.82) is 0 Å². The Morgan fingerprint density at radius 1 is 1.23 bits per heavy atom. The predicted octanol–water partition coefficient (Wildman–Crippen LogP) is 5.28. The number of hydrogen-bond acceptors (Lipinski definition) is 13. The molecular weight excluding hydrogens is 918 g/mol. The van der Waals surface area contributed by atoms with Gasteiger partial charge in [0.05, 0.1) is 53.1 Å². The Kier molecular flexibility index (Phi) is 16.3. The van der Waals surface area contributed by atoms with E-state index in [1.807, 2.05) is 32.8 Å². The molecule has 2 saturated heterocycles. The zero-order valence-corrected chi connectivity index (χ0v) is 41.5. The van der Waals surface area contributed by atoms with E-state index in [1.165, 1.54) is 35.3 Å². The molecule has 5 heterocycles. The minimum absolute atomic E-state index is 0.00355. The summed E-state index contributed by atoms with van der Waals surface area (Å²) in [6.45, 7) is 14.0. The third-order valence-corrected chi connectivity index (χ3v) is 13.5. The number of carbonyl (C=O) groups excluding carboxylic acids is 4. The highest BCUT2D eigenvalue weighted by atomic mass is 32.1. The maximum atomic E-state index is 14.6. The summed E-state index contributed by atoms with van der Waals surface area (Å²) < 4.78 is 62.5. The van der Waals surface area contributed by atoms with Crippen molar-refractivity contribution in [1.82, 2.24) is 35.1 Å². The van der Waals surface area contributed by atoms with Gasteiger partial charge in [0.15, 0.2) is 0 Å². The second kappa shape index (κ2) is 21.3. The Balaban J connectivity index is 1.34. The number of cyclic esters (lactones) is 1. The van der Waals surface area contributed by atoms with Crippen LogP contribution in [-0.4, -0.2) is 149 Å². The number of methoxy groups -OCH3 is 1. The summed E-state index contributed by atoms with van der Waals surface area (Å²) in [7, 11) is 5.24. The minimum Gasteiger partial charge on any atom is -0.462 e. The number of esters is 1. The van der Waals surface area contributed by atoms with Crippen LogP contribution >= 0.6 is 11.3 Å². The number of nitrogens with one attached hydrogen (secondary N) is 2. The number of aliphatic hydroxyl groups is 1. The smallest absolute Gasteiger partial charge is 0.406 e. The summed E-state index contributed by atoms with van der Waals surface area (Å²) in [5.74, 6) is 3.16. The Hall–Kier alpha value is -5.43. The van der Waals surface area contributed by atoms with E-state index in [-0.39, 0.29) is 75.1 Å². The van der Waals surface area contributed by atoms with Crippen LogP contribution < -0.4 is 10.7 Å². The van der Waals surface area contributed by atoms with Gasteiger partial charge in [-0.15, -0.1) is 11.3 Å². The minimum atomic E-state index is -4.64. The maximum Gasteiger partial charge on any atom is 0.406 e. The molecule has 374 valence electrons. The average Bonchev–Trinajstić information content (AvgIpc) is 3.85. The number of aromatic nitrogens is 2. The molecule has 0 spiro atoms. The molecule has 20 heteroatoms. The zero-order valence-electron chi connectivity index (χ0n) is 40.7. The first-order valence-corrected chi connectivity index (χ1v) is 23.7. The van der Waals surface area contributed by atoms with Gasteiger partial charge in [0.2, 0.25) is 11.6 Å². The van der Waals surface area contributed by atoms with Crippen molar-refractivity contribution >= 4 is 57.7 Å². The van der Waals surface area contributed by atoms with Gasteiger partial charge in [-0.1, -0.05) is 38.5 Å². The van der Waals surface area contributed by atoms with Crippen molar-refractivity contribution in [2.45, 2.75) is 116 Å². The summed E-state index contributed by atoms with van der Waals surface area (Å²) >= 11 is 1.23. The number of rotatable bonds is 12. The lowest BCUT2D eigenvalue weighted by Gasteiger charge is -2.40. The molecule has 2 fully saturated rings. The molecule has 3 atom stereocenters. The van der Waals surface area contributed by atoms with Gasteiger partial charge in [0.1, 0.15) is 12.6 Å². The fourth-order valence-electron chi connectivity index (χ4n) is 8.22. The van der Waals surface area contributed by atoms with E-state index >= 15 is 0 Å². The van der Waals surface area contributed by atoms with E-state index in [4.69, 9.17) is 19.2 Å². The van der Waals surface area contributed by atoms with Crippen molar-refractivity contribution in [2.24, 2.45) is 10.4 Å². The molecule has 0 unspecified atom stereocenters. The van der Waals surface area contributed by atoms with Crippen LogP contribution in [0.25, 0.3) is 27.7 Å². The highest BCUT2D eigenvalue weighted by molar-refractivity contribution is 7.10. The normalized spacial score (nSPS) is 21.3. The molecule has 3 aromatic rings. The van der Waals surface area contributed by atoms with E-state index < -0.39 is 59.3 Å². The number of benzene rings is 1. The van der Waals surface area contributed by atoms with Gasteiger partial charge in [-0.05, 0) is 78.2 Å². The summed E-state index contributed by atoms with van der Waals surface area (Å²) in [6.07, 6.45) is -2.59. The summed E-state index contributed by atoms with van der Waals surface area (Å²) in [6, 6.07) is 3.86. The van der Waals surface area contributed by atoms with Crippen molar-refractivity contribution in [3.63, 3.8) is 0 Å². The first-order valence-electron chi connectivity index (χ1n) is 22.8. The molecule has 6 bridgehead atoms. The number of ether oxygens (including phenoxy) is 3. The number of thiazole rings is 1. The number of likely N-dealkylation sites (tertiary alicyclic amines) is 1. The molecule has 3 N–H and O–H groups in total. The highest BCUT2D eigenvalue weighted by Gasteiger charge is 2.45. The standard InChI is InChI=1S/C49H63F3N8O8S/c1-11-33(42(53-12-2)30(3)66-10)43-35-24-46(4,5)29-68-45(64)48(65)18-13-20-60(56-48)44(63)36(54-39(61)17-21-67-32-25-58(26-32)41(62)16-19-47(6,7)57(8)9)23-40-55-37(27-69-40)31-14-15-38(34(35)22-31)59(43)28-49(50,51)52/h11-12,14-15,22,27,30,32,36,56,65H,1,13,17-18,20-21,23-26,28-29H2,2-10H3,(H,54,61)/b42-33+,53-12?/t30-,36-,48-/m0/s1. The maximum absolute atomic E-state index is 14.6. The molecule has 16 nitrogen and oxygen atoms in total. The molecule has 6 rings (SSSR count). The van der Waals surface area contributed by atoms with E-state index in [1.54, 1.807) is 56.2 Å². The SMILES string of the molecule is C=C/C(=C(\N=CC)[C@H](C)OC)c1c2c3cc(ccc3n1CC(F)(F)F)-c1csc(n1)C[C@H](NC(=O)CCOC1CN(C(=O)C#CC(C)(C)N(C)C)C1)C(=O)N1CCC[C@@](O)(N1)C(=O)OCC(C)(C)C2. The third-order valence-electron chi connectivity index (χ3n) is 12.6.